The highest BCUT2D eigenvalue weighted by Gasteiger charge is 2.25. The molecule has 3 aromatic rings. The van der Waals surface area contributed by atoms with Crippen molar-refractivity contribution in [3.8, 4) is 17.2 Å². The fourth-order valence-electron chi connectivity index (χ4n) is 2.18. The molecule has 21 heavy (non-hydrogen) atoms. The van der Waals surface area contributed by atoms with E-state index in [1.54, 1.807) is 0 Å². The Morgan fingerprint density at radius 2 is 1.90 bits per heavy atom. The average molecular weight is 282 g/mol. The van der Waals surface area contributed by atoms with E-state index in [4.69, 9.17) is 9.68 Å². The maximum Gasteiger partial charge on any atom is 0.442 e. The number of rotatable bonds is 2. The summed E-state index contributed by atoms with van der Waals surface area (Å²) in [7, 11) is 0. The van der Waals surface area contributed by atoms with E-state index in [0.717, 1.165) is 0 Å². The molecule has 3 rings (SSSR count). The van der Waals surface area contributed by atoms with Gasteiger partial charge in [-0.2, -0.15) is 5.26 Å². The van der Waals surface area contributed by atoms with Gasteiger partial charge in [0, 0.05) is 5.39 Å². The van der Waals surface area contributed by atoms with Crippen LogP contribution in [-0.2, 0) is 0 Å². The third-order valence-electron chi connectivity index (χ3n) is 3.10. The number of nitrogens with zero attached hydrogens (tertiary/aromatic N) is 2. The molecule has 0 radical (unpaired) electrons. The lowest BCUT2D eigenvalue weighted by atomic mass is 10.0. The maximum atomic E-state index is 13.0. The zero-order valence-electron chi connectivity index (χ0n) is 10.5. The van der Waals surface area contributed by atoms with Gasteiger partial charge in [-0.25, -0.2) is 4.39 Å². The van der Waals surface area contributed by atoms with Crippen LogP contribution in [0, 0.1) is 27.3 Å². The van der Waals surface area contributed by atoms with Crippen molar-refractivity contribution in [1.82, 2.24) is 0 Å². The molecule has 102 valence electrons. The second-order valence-corrected chi connectivity index (χ2v) is 4.37. The summed E-state index contributed by atoms with van der Waals surface area (Å²) in [6.45, 7) is 0. The number of nitriles is 1. The number of hydrogen-bond donors (Lipinski definition) is 0. The summed E-state index contributed by atoms with van der Waals surface area (Å²) < 4.78 is 18.3. The van der Waals surface area contributed by atoms with Gasteiger partial charge in [-0.05, 0) is 35.9 Å². The number of halogens is 1. The third kappa shape index (κ3) is 2.11. The van der Waals surface area contributed by atoms with Crippen LogP contribution >= 0.6 is 0 Å². The van der Waals surface area contributed by atoms with E-state index in [1.807, 2.05) is 6.07 Å². The number of furan rings is 1. The van der Waals surface area contributed by atoms with Gasteiger partial charge in [0.15, 0.2) is 0 Å². The first-order valence-corrected chi connectivity index (χ1v) is 5.97. The molecule has 0 fully saturated rings. The Balaban J connectivity index is 2.36. The lowest BCUT2D eigenvalue weighted by Gasteiger charge is -1.98. The molecule has 0 N–H and O–H groups in total. The monoisotopic (exact) mass is 282 g/mol. The molecule has 0 amide bonds. The van der Waals surface area contributed by atoms with Crippen LogP contribution in [0.2, 0.25) is 0 Å². The summed E-state index contributed by atoms with van der Waals surface area (Å²) in [5.74, 6) is -0.862. The van der Waals surface area contributed by atoms with Crippen molar-refractivity contribution in [3.63, 3.8) is 0 Å². The summed E-state index contributed by atoms with van der Waals surface area (Å²) in [5, 5.41) is 20.6. The predicted octanol–water partition coefficient (Wildman–Crippen LogP) is 4.02. The highest BCUT2D eigenvalue weighted by molar-refractivity contribution is 5.99. The molecule has 0 bridgehead atoms. The number of benzene rings is 2. The van der Waals surface area contributed by atoms with Crippen molar-refractivity contribution in [3.05, 3.63) is 64.0 Å². The molecule has 0 aliphatic rings. The summed E-state index contributed by atoms with van der Waals surface area (Å²) in [5.41, 5.74) is 1.37. The van der Waals surface area contributed by atoms with Gasteiger partial charge in [0.05, 0.1) is 11.6 Å². The van der Waals surface area contributed by atoms with E-state index in [9.17, 15) is 14.5 Å². The van der Waals surface area contributed by atoms with Crippen LogP contribution in [0.5, 0.6) is 0 Å². The van der Waals surface area contributed by atoms with E-state index >= 15 is 0 Å². The normalized spacial score (nSPS) is 10.5. The van der Waals surface area contributed by atoms with E-state index < -0.39 is 16.6 Å². The van der Waals surface area contributed by atoms with Crippen molar-refractivity contribution in [1.29, 1.82) is 5.26 Å². The Morgan fingerprint density at radius 3 is 2.52 bits per heavy atom. The second-order valence-electron chi connectivity index (χ2n) is 4.37. The van der Waals surface area contributed by atoms with E-state index in [1.165, 1.54) is 42.5 Å². The van der Waals surface area contributed by atoms with Crippen LogP contribution in [0.25, 0.3) is 22.1 Å². The maximum absolute atomic E-state index is 13.0. The molecule has 5 nitrogen and oxygen atoms in total. The van der Waals surface area contributed by atoms with Crippen LogP contribution in [-0.4, -0.2) is 4.92 Å². The van der Waals surface area contributed by atoms with Gasteiger partial charge in [-0.15, -0.1) is 0 Å². The molecule has 0 saturated heterocycles. The largest absolute Gasteiger partial charge is 0.442 e. The standard InChI is InChI=1S/C15H7FN2O3/c16-11-4-2-10(3-5-11)14-12-7-9(8-17)1-6-13(12)21-15(14)18(19)20/h1-7H. The molecule has 2 aromatic carbocycles. The zero-order chi connectivity index (χ0) is 15.0. The number of fused-ring (bicyclic) bond motifs is 1. The first-order chi connectivity index (χ1) is 10.1. The smallest absolute Gasteiger partial charge is 0.400 e. The quantitative estimate of drug-likeness (QED) is 0.525. The molecule has 0 unspecified atom stereocenters. The van der Waals surface area contributed by atoms with Gasteiger partial charge in [-0.1, -0.05) is 12.1 Å². The minimum absolute atomic E-state index is 0.243. The SMILES string of the molecule is N#Cc1ccc2oc([N+](=O)[O-])c(-c3ccc(F)cc3)c2c1. The summed E-state index contributed by atoms with van der Waals surface area (Å²) in [4.78, 5) is 10.5. The van der Waals surface area contributed by atoms with Gasteiger partial charge < -0.3 is 4.42 Å². The van der Waals surface area contributed by atoms with Gasteiger partial charge in [0.1, 0.15) is 21.9 Å². The Labute approximate surface area is 118 Å². The first-order valence-electron chi connectivity index (χ1n) is 5.97. The van der Waals surface area contributed by atoms with Crippen molar-refractivity contribution in [2.45, 2.75) is 0 Å². The van der Waals surface area contributed by atoms with Gasteiger partial charge in [0.25, 0.3) is 0 Å². The van der Waals surface area contributed by atoms with E-state index in [-0.39, 0.29) is 5.56 Å². The lowest BCUT2D eigenvalue weighted by molar-refractivity contribution is -0.400. The van der Waals surface area contributed by atoms with Gasteiger partial charge in [-0.3, -0.25) is 10.1 Å². The molecule has 0 atom stereocenters. The Kier molecular flexibility index (Phi) is 2.88. The van der Waals surface area contributed by atoms with Crippen LogP contribution in [0.4, 0.5) is 10.3 Å². The summed E-state index contributed by atoms with van der Waals surface area (Å²) in [6, 6.07) is 11.8. The van der Waals surface area contributed by atoms with E-state index in [2.05, 4.69) is 0 Å². The van der Waals surface area contributed by atoms with Crippen molar-refractivity contribution < 1.29 is 13.7 Å². The molecule has 0 aliphatic heterocycles. The second kappa shape index (κ2) is 4.72. The highest BCUT2D eigenvalue weighted by atomic mass is 19.1. The predicted molar refractivity (Wildman–Crippen MR) is 73.0 cm³/mol. The van der Waals surface area contributed by atoms with Crippen molar-refractivity contribution in [2.24, 2.45) is 0 Å². The Bertz CT molecular complexity index is 892. The van der Waals surface area contributed by atoms with Crippen LogP contribution in [0.1, 0.15) is 5.56 Å². The topological polar surface area (TPSA) is 80.1 Å². The minimum atomic E-state index is -0.634. The first kappa shape index (κ1) is 12.8. The Hall–Kier alpha value is -3.20. The Morgan fingerprint density at radius 1 is 1.19 bits per heavy atom. The molecule has 0 saturated carbocycles. The lowest BCUT2D eigenvalue weighted by Crippen LogP contribution is -1.88. The number of nitro groups is 1. The number of hydrogen-bond acceptors (Lipinski definition) is 4. The molecule has 6 heteroatoms. The molecular formula is C15H7FN2O3. The van der Waals surface area contributed by atoms with Crippen molar-refractivity contribution >= 4 is 16.9 Å². The van der Waals surface area contributed by atoms with Crippen LogP contribution in [0.3, 0.4) is 0 Å². The van der Waals surface area contributed by atoms with Gasteiger partial charge >= 0.3 is 5.88 Å². The van der Waals surface area contributed by atoms with E-state index in [0.29, 0.717) is 22.1 Å². The molecule has 1 aromatic heterocycles. The molecule has 0 aliphatic carbocycles. The fraction of sp³-hybridized carbons (Fsp3) is 0. The highest BCUT2D eigenvalue weighted by Crippen LogP contribution is 2.40. The average Bonchev–Trinajstić information content (AvgIpc) is 2.86. The third-order valence-corrected chi connectivity index (χ3v) is 3.10. The summed E-state index contributed by atoms with van der Waals surface area (Å²) in [6.07, 6.45) is 0. The molecule has 0 spiro atoms. The van der Waals surface area contributed by atoms with Gasteiger partial charge in [0.2, 0.25) is 0 Å². The molecule has 1 heterocycles. The summed E-state index contributed by atoms with van der Waals surface area (Å²) >= 11 is 0. The fourth-order valence-corrected chi connectivity index (χ4v) is 2.18. The van der Waals surface area contributed by atoms with Crippen LogP contribution < -0.4 is 0 Å². The van der Waals surface area contributed by atoms with Crippen molar-refractivity contribution in [2.75, 3.05) is 0 Å². The zero-order valence-corrected chi connectivity index (χ0v) is 10.5. The van der Waals surface area contributed by atoms with Crippen LogP contribution in [0.15, 0.2) is 46.9 Å². The minimum Gasteiger partial charge on any atom is -0.400 e. The molecular weight excluding hydrogens is 275 g/mol.